The maximum absolute atomic E-state index is 2.60. The first-order valence-electron chi connectivity index (χ1n) is 21.3. The van der Waals surface area contributed by atoms with Gasteiger partial charge in [0.05, 0.1) is 0 Å². The Hall–Kier alpha value is -4.53. The van der Waals surface area contributed by atoms with E-state index < -0.39 is 0 Å². The molecule has 0 amide bonds. The summed E-state index contributed by atoms with van der Waals surface area (Å²) in [4.78, 5) is 5.48. The molecule has 280 valence electrons. The normalized spacial score (nSPS) is 26.0. The van der Waals surface area contributed by atoms with Crippen LogP contribution in [0.15, 0.2) is 149 Å². The molecule has 4 bridgehead atoms. The monoisotopic (exact) mass is 747 g/mol. The van der Waals surface area contributed by atoms with Gasteiger partial charge in [-0.3, -0.25) is 0 Å². The molecule has 0 atom stereocenters. The van der Waals surface area contributed by atoms with Crippen molar-refractivity contribution in [2.24, 2.45) is 23.7 Å². The maximum atomic E-state index is 2.60. The lowest BCUT2D eigenvalue weighted by atomic mass is 9.41. The molecule has 0 aromatic heterocycles. The molecule has 4 fully saturated rings. The molecular formula is C54H53NS. The molecule has 0 N–H and O–H groups in total. The standard InChI is InChI=1S/C54H53NS/c1-52(2)26-27-53(3,4)48-33-43(22-24-46(48)52)55(42-20-18-38(19-21-42)37-12-7-5-8-13-37)44-23-25-47-50(34-44)56-49-17-11-16-45(39-14-9-6-10-15-39)51(49)54(47)40-29-35-28-36(31-40)32-41(54)30-35/h5-25,33-36,40-41H,26-32H2,1-4H3. The molecule has 0 unspecified atom stereocenters. The van der Waals surface area contributed by atoms with Gasteiger partial charge in [-0.05, 0) is 166 Å². The highest BCUT2D eigenvalue weighted by atomic mass is 32.2. The Labute approximate surface area is 338 Å². The van der Waals surface area contributed by atoms with Crippen molar-refractivity contribution in [1.29, 1.82) is 0 Å². The minimum atomic E-state index is 0.0535. The maximum Gasteiger partial charge on any atom is 0.0473 e. The van der Waals surface area contributed by atoms with Gasteiger partial charge in [0, 0.05) is 32.3 Å². The van der Waals surface area contributed by atoms with E-state index in [4.69, 9.17) is 0 Å². The van der Waals surface area contributed by atoms with Crippen molar-refractivity contribution in [3.8, 4) is 22.3 Å². The van der Waals surface area contributed by atoms with Gasteiger partial charge in [-0.15, -0.1) is 0 Å². The van der Waals surface area contributed by atoms with Gasteiger partial charge in [-0.2, -0.15) is 0 Å². The van der Waals surface area contributed by atoms with Crippen molar-refractivity contribution in [3.63, 3.8) is 0 Å². The van der Waals surface area contributed by atoms with Crippen molar-refractivity contribution in [3.05, 3.63) is 162 Å². The van der Waals surface area contributed by atoms with E-state index in [1.807, 2.05) is 11.8 Å². The lowest BCUT2D eigenvalue weighted by Crippen LogP contribution is -2.57. The van der Waals surface area contributed by atoms with Gasteiger partial charge in [0.1, 0.15) is 0 Å². The molecule has 6 aliphatic rings. The zero-order valence-corrected chi connectivity index (χ0v) is 34.2. The first kappa shape index (κ1) is 34.7. The molecule has 1 aliphatic heterocycles. The summed E-state index contributed by atoms with van der Waals surface area (Å²) in [7, 11) is 0. The fourth-order valence-corrected chi connectivity index (χ4v) is 13.9. The lowest BCUT2D eigenvalue weighted by Gasteiger charge is -2.63. The summed E-state index contributed by atoms with van der Waals surface area (Å²) >= 11 is 2.03. The summed E-state index contributed by atoms with van der Waals surface area (Å²) in [6.45, 7) is 9.76. The topological polar surface area (TPSA) is 3.24 Å². The van der Waals surface area contributed by atoms with Crippen molar-refractivity contribution in [2.45, 2.75) is 98.7 Å². The van der Waals surface area contributed by atoms with Crippen LogP contribution < -0.4 is 4.90 Å². The van der Waals surface area contributed by atoms with Crippen LogP contribution in [0.25, 0.3) is 22.3 Å². The van der Waals surface area contributed by atoms with Gasteiger partial charge >= 0.3 is 0 Å². The minimum absolute atomic E-state index is 0.0535. The molecule has 6 aromatic rings. The van der Waals surface area contributed by atoms with E-state index in [0.29, 0.717) is 11.8 Å². The van der Waals surface area contributed by atoms with Crippen molar-refractivity contribution >= 4 is 28.8 Å². The number of anilines is 3. The van der Waals surface area contributed by atoms with Crippen LogP contribution >= 0.6 is 11.8 Å². The fourth-order valence-electron chi connectivity index (χ4n) is 12.6. The van der Waals surface area contributed by atoms with Crippen LogP contribution in [0.1, 0.15) is 94.9 Å². The average Bonchev–Trinajstić information content (AvgIpc) is 3.21. The number of rotatable bonds is 5. The predicted molar refractivity (Wildman–Crippen MR) is 236 cm³/mol. The Kier molecular flexibility index (Phi) is 7.89. The molecule has 1 spiro atoms. The Bertz CT molecular complexity index is 2430. The smallest absolute Gasteiger partial charge is 0.0473 e. The van der Waals surface area contributed by atoms with Crippen LogP contribution in [0.3, 0.4) is 0 Å². The third-order valence-corrected chi connectivity index (χ3v) is 16.3. The van der Waals surface area contributed by atoms with Gasteiger partial charge in [0.2, 0.25) is 0 Å². The predicted octanol–water partition coefficient (Wildman–Crippen LogP) is 15.0. The molecule has 12 rings (SSSR count). The zero-order valence-electron chi connectivity index (χ0n) is 33.4. The molecule has 2 heteroatoms. The number of hydrogen-bond donors (Lipinski definition) is 0. The van der Waals surface area contributed by atoms with Crippen LogP contribution in [0.5, 0.6) is 0 Å². The molecule has 1 nitrogen and oxygen atoms in total. The molecule has 56 heavy (non-hydrogen) atoms. The Morgan fingerprint density at radius 2 is 1.02 bits per heavy atom. The summed E-state index contributed by atoms with van der Waals surface area (Å²) in [6, 6.07) is 53.6. The molecule has 1 heterocycles. The van der Waals surface area contributed by atoms with Crippen LogP contribution in [-0.4, -0.2) is 0 Å². The third kappa shape index (κ3) is 5.27. The van der Waals surface area contributed by atoms with E-state index in [9.17, 15) is 0 Å². The third-order valence-electron chi connectivity index (χ3n) is 15.2. The number of nitrogens with zero attached hydrogens (tertiary/aromatic N) is 1. The van der Waals surface area contributed by atoms with Gasteiger partial charge in [0.25, 0.3) is 0 Å². The second-order valence-corrected chi connectivity index (χ2v) is 20.3. The largest absolute Gasteiger partial charge is 0.310 e. The summed E-state index contributed by atoms with van der Waals surface area (Å²) in [5.41, 5.74) is 15.6. The van der Waals surface area contributed by atoms with E-state index in [2.05, 4.69) is 172 Å². The molecule has 6 aromatic carbocycles. The Morgan fingerprint density at radius 1 is 0.464 bits per heavy atom. The molecule has 0 saturated heterocycles. The Morgan fingerprint density at radius 3 is 1.68 bits per heavy atom. The molecular weight excluding hydrogens is 695 g/mol. The fraction of sp³-hybridized carbons (Fsp3) is 0.333. The summed E-state index contributed by atoms with van der Waals surface area (Å²) < 4.78 is 0. The number of benzene rings is 6. The Balaban J connectivity index is 1.10. The van der Waals surface area contributed by atoms with Gasteiger partial charge in [0.15, 0.2) is 0 Å². The molecule has 5 aliphatic carbocycles. The van der Waals surface area contributed by atoms with Crippen LogP contribution in [0.2, 0.25) is 0 Å². The van der Waals surface area contributed by atoms with Crippen LogP contribution in [-0.2, 0) is 16.2 Å². The summed E-state index contributed by atoms with van der Waals surface area (Å²) in [5, 5.41) is 0. The highest BCUT2D eigenvalue weighted by molar-refractivity contribution is 7.99. The quantitative estimate of drug-likeness (QED) is 0.173. The summed E-state index contributed by atoms with van der Waals surface area (Å²) in [6.07, 6.45) is 9.39. The second-order valence-electron chi connectivity index (χ2n) is 19.2. The first-order chi connectivity index (χ1) is 27.2. The minimum Gasteiger partial charge on any atom is -0.310 e. The number of hydrogen-bond acceptors (Lipinski definition) is 2. The highest BCUT2D eigenvalue weighted by Crippen LogP contribution is 2.70. The lowest BCUT2D eigenvalue weighted by molar-refractivity contribution is -0.0441. The van der Waals surface area contributed by atoms with Gasteiger partial charge < -0.3 is 4.90 Å². The van der Waals surface area contributed by atoms with E-state index in [1.54, 1.807) is 11.1 Å². The van der Waals surface area contributed by atoms with E-state index in [1.165, 1.54) is 105 Å². The first-order valence-corrected chi connectivity index (χ1v) is 22.1. The zero-order chi connectivity index (χ0) is 37.8. The van der Waals surface area contributed by atoms with Crippen LogP contribution in [0.4, 0.5) is 17.1 Å². The van der Waals surface area contributed by atoms with E-state index in [0.717, 1.165) is 11.8 Å². The van der Waals surface area contributed by atoms with Crippen molar-refractivity contribution in [1.82, 2.24) is 0 Å². The summed E-state index contributed by atoms with van der Waals surface area (Å²) in [5.74, 6) is 3.20. The van der Waals surface area contributed by atoms with Gasteiger partial charge in [-0.1, -0.05) is 137 Å². The van der Waals surface area contributed by atoms with Crippen molar-refractivity contribution in [2.75, 3.05) is 4.90 Å². The van der Waals surface area contributed by atoms with Gasteiger partial charge in [-0.25, -0.2) is 0 Å². The highest BCUT2D eigenvalue weighted by Gasteiger charge is 2.61. The number of fused-ring (bicyclic) bond motifs is 3. The van der Waals surface area contributed by atoms with Crippen molar-refractivity contribution < 1.29 is 0 Å². The van der Waals surface area contributed by atoms with Crippen LogP contribution in [0, 0.1) is 23.7 Å². The van der Waals surface area contributed by atoms with E-state index >= 15 is 0 Å². The average molecular weight is 748 g/mol. The SMILES string of the molecule is CC1(C)CCC(C)(C)c2cc(N(c3ccc(-c4ccccc4)cc3)c3ccc4c(c3)Sc3cccc(-c5ccccc5)c3C43C4CC5CC(C4)CC3C5)ccc21. The molecule has 4 saturated carbocycles. The second kappa shape index (κ2) is 12.7. The van der Waals surface area contributed by atoms with E-state index in [-0.39, 0.29) is 16.2 Å². The molecule has 0 radical (unpaired) electrons.